The van der Waals surface area contributed by atoms with Gasteiger partial charge in [0.25, 0.3) is 0 Å². The van der Waals surface area contributed by atoms with E-state index in [4.69, 9.17) is 10.5 Å². The number of nitrogens with two attached hydrogens (primary N) is 1. The normalized spacial score (nSPS) is 21.4. The maximum Gasteiger partial charge on any atom is 0.187 e. The lowest BCUT2D eigenvalue weighted by molar-refractivity contribution is 0.270. The summed E-state index contributed by atoms with van der Waals surface area (Å²) in [5.41, 5.74) is 6.92. The van der Waals surface area contributed by atoms with E-state index in [1.54, 1.807) is 30.3 Å². The summed E-state index contributed by atoms with van der Waals surface area (Å²) in [6.45, 7) is 0.0574. The SMILES string of the molecule is NC1c2ccccc2OCC1S(=O)(=O)c1ccccc1Br. The minimum atomic E-state index is -3.58. The number of halogens is 1. The van der Waals surface area contributed by atoms with Gasteiger partial charge in [-0.15, -0.1) is 0 Å². The Balaban J connectivity index is 2.04. The summed E-state index contributed by atoms with van der Waals surface area (Å²) in [5.74, 6) is 0.656. The van der Waals surface area contributed by atoms with Crippen LogP contribution in [0, 0.1) is 0 Å². The van der Waals surface area contributed by atoms with E-state index in [9.17, 15) is 8.42 Å². The Kier molecular flexibility index (Phi) is 3.77. The van der Waals surface area contributed by atoms with Gasteiger partial charge >= 0.3 is 0 Å². The zero-order chi connectivity index (χ0) is 15.0. The van der Waals surface area contributed by atoms with Crippen LogP contribution in [-0.2, 0) is 9.84 Å². The summed E-state index contributed by atoms with van der Waals surface area (Å²) >= 11 is 3.29. The van der Waals surface area contributed by atoms with Crippen LogP contribution in [0.3, 0.4) is 0 Å². The average molecular weight is 368 g/mol. The van der Waals surface area contributed by atoms with E-state index in [2.05, 4.69) is 15.9 Å². The van der Waals surface area contributed by atoms with Crippen LogP contribution in [-0.4, -0.2) is 20.3 Å². The molecule has 2 aromatic carbocycles. The maximum absolute atomic E-state index is 12.8. The summed E-state index contributed by atoms with van der Waals surface area (Å²) in [7, 11) is -3.58. The second-order valence-electron chi connectivity index (χ2n) is 4.89. The Labute approximate surface area is 132 Å². The zero-order valence-electron chi connectivity index (χ0n) is 11.1. The Morgan fingerprint density at radius 2 is 1.76 bits per heavy atom. The Morgan fingerprint density at radius 1 is 1.10 bits per heavy atom. The molecule has 0 spiro atoms. The lowest BCUT2D eigenvalue weighted by atomic mass is 10.0. The van der Waals surface area contributed by atoms with E-state index in [-0.39, 0.29) is 11.5 Å². The molecule has 0 amide bonds. The Morgan fingerprint density at radius 3 is 2.52 bits per heavy atom. The molecule has 0 radical (unpaired) electrons. The first kappa shape index (κ1) is 14.6. The molecule has 6 heteroatoms. The topological polar surface area (TPSA) is 69.4 Å². The van der Waals surface area contributed by atoms with Gasteiger partial charge in [-0.1, -0.05) is 30.3 Å². The molecular formula is C15H14BrNO3S. The fourth-order valence-electron chi connectivity index (χ4n) is 2.48. The van der Waals surface area contributed by atoms with Gasteiger partial charge in [-0.05, 0) is 34.1 Å². The number of sulfone groups is 1. The van der Waals surface area contributed by atoms with Crippen molar-refractivity contribution >= 4 is 25.8 Å². The fourth-order valence-corrected chi connectivity index (χ4v) is 5.16. The highest BCUT2D eigenvalue weighted by atomic mass is 79.9. The molecule has 2 atom stereocenters. The van der Waals surface area contributed by atoms with Crippen LogP contribution in [0.5, 0.6) is 5.75 Å². The highest BCUT2D eigenvalue weighted by molar-refractivity contribution is 9.10. The van der Waals surface area contributed by atoms with Crippen molar-refractivity contribution in [3.8, 4) is 5.75 Å². The van der Waals surface area contributed by atoms with Crippen LogP contribution in [0.4, 0.5) is 0 Å². The van der Waals surface area contributed by atoms with Crippen molar-refractivity contribution in [3.63, 3.8) is 0 Å². The summed E-state index contributed by atoms with van der Waals surface area (Å²) in [4.78, 5) is 0.244. The zero-order valence-corrected chi connectivity index (χ0v) is 13.5. The molecule has 21 heavy (non-hydrogen) atoms. The van der Waals surface area contributed by atoms with Crippen molar-refractivity contribution in [2.24, 2.45) is 5.73 Å². The van der Waals surface area contributed by atoms with Crippen LogP contribution >= 0.6 is 15.9 Å². The van der Waals surface area contributed by atoms with E-state index in [0.29, 0.717) is 10.2 Å². The third kappa shape index (κ3) is 2.47. The quantitative estimate of drug-likeness (QED) is 0.885. The summed E-state index contributed by atoms with van der Waals surface area (Å²) in [6, 6.07) is 13.4. The number of para-hydroxylation sites is 1. The minimum absolute atomic E-state index is 0.0574. The summed E-state index contributed by atoms with van der Waals surface area (Å²) in [6.07, 6.45) is 0. The molecule has 2 unspecified atom stereocenters. The number of ether oxygens (including phenoxy) is 1. The number of hydrogen-bond acceptors (Lipinski definition) is 4. The fraction of sp³-hybridized carbons (Fsp3) is 0.200. The van der Waals surface area contributed by atoms with Crippen molar-refractivity contribution in [1.29, 1.82) is 0 Å². The highest BCUT2D eigenvalue weighted by Crippen LogP contribution is 2.36. The van der Waals surface area contributed by atoms with Gasteiger partial charge in [-0.25, -0.2) is 8.42 Å². The van der Waals surface area contributed by atoms with Crippen LogP contribution in [0.15, 0.2) is 57.9 Å². The van der Waals surface area contributed by atoms with Gasteiger partial charge in [0.2, 0.25) is 0 Å². The van der Waals surface area contributed by atoms with Gasteiger partial charge < -0.3 is 10.5 Å². The molecular weight excluding hydrogens is 354 g/mol. The third-order valence-electron chi connectivity index (χ3n) is 3.62. The molecule has 0 aliphatic carbocycles. The van der Waals surface area contributed by atoms with Crippen molar-refractivity contribution in [2.75, 3.05) is 6.61 Å². The molecule has 3 rings (SSSR count). The standard InChI is InChI=1S/C15H14BrNO3S/c16-11-6-2-4-8-13(11)21(18,19)14-9-20-12-7-3-1-5-10(12)15(14)17/h1-8,14-15H,9,17H2. The van der Waals surface area contributed by atoms with Gasteiger partial charge in [0, 0.05) is 10.0 Å². The minimum Gasteiger partial charge on any atom is -0.492 e. The largest absolute Gasteiger partial charge is 0.492 e. The average Bonchev–Trinajstić information content (AvgIpc) is 2.48. The van der Waals surface area contributed by atoms with E-state index < -0.39 is 21.1 Å². The Bertz CT molecular complexity index is 776. The van der Waals surface area contributed by atoms with Gasteiger partial charge in [0.1, 0.15) is 17.6 Å². The summed E-state index contributed by atoms with van der Waals surface area (Å²) in [5, 5.41) is -0.800. The molecule has 110 valence electrons. The number of benzene rings is 2. The molecule has 4 nitrogen and oxygen atoms in total. The number of rotatable bonds is 2. The van der Waals surface area contributed by atoms with E-state index >= 15 is 0 Å². The van der Waals surface area contributed by atoms with Crippen molar-refractivity contribution in [3.05, 3.63) is 58.6 Å². The lowest BCUT2D eigenvalue weighted by Gasteiger charge is -2.31. The Hall–Kier alpha value is -1.37. The molecule has 0 fully saturated rings. The molecule has 0 bridgehead atoms. The summed E-state index contributed by atoms with van der Waals surface area (Å²) < 4.78 is 31.8. The van der Waals surface area contributed by atoms with E-state index in [1.165, 1.54) is 0 Å². The molecule has 0 aromatic heterocycles. The van der Waals surface area contributed by atoms with Crippen LogP contribution in [0.1, 0.15) is 11.6 Å². The predicted octanol–water partition coefficient (Wildman–Crippen LogP) is 2.68. The van der Waals surface area contributed by atoms with E-state index in [1.807, 2.05) is 18.2 Å². The van der Waals surface area contributed by atoms with Crippen molar-refractivity contribution in [2.45, 2.75) is 16.2 Å². The first-order valence-electron chi connectivity index (χ1n) is 6.47. The predicted molar refractivity (Wildman–Crippen MR) is 84.0 cm³/mol. The highest BCUT2D eigenvalue weighted by Gasteiger charge is 2.39. The second-order valence-corrected chi connectivity index (χ2v) is 7.88. The van der Waals surface area contributed by atoms with Crippen molar-refractivity contribution < 1.29 is 13.2 Å². The van der Waals surface area contributed by atoms with Gasteiger partial charge in [-0.2, -0.15) is 0 Å². The van der Waals surface area contributed by atoms with Crippen LogP contribution in [0.25, 0.3) is 0 Å². The maximum atomic E-state index is 12.8. The lowest BCUT2D eigenvalue weighted by Crippen LogP contribution is -2.41. The van der Waals surface area contributed by atoms with Gasteiger partial charge in [-0.3, -0.25) is 0 Å². The van der Waals surface area contributed by atoms with Crippen LogP contribution < -0.4 is 10.5 Å². The van der Waals surface area contributed by atoms with E-state index in [0.717, 1.165) is 5.56 Å². The number of hydrogen-bond donors (Lipinski definition) is 1. The second kappa shape index (κ2) is 5.44. The number of fused-ring (bicyclic) bond motifs is 1. The monoisotopic (exact) mass is 367 g/mol. The van der Waals surface area contributed by atoms with Gasteiger partial charge in [0.05, 0.1) is 10.9 Å². The molecule has 2 aromatic rings. The van der Waals surface area contributed by atoms with Crippen molar-refractivity contribution in [1.82, 2.24) is 0 Å². The van der Waals surface area contributed by atoms with Gasteiger partial charge in [0.15, 0.2) is 9.84 Å². The first-order chi connectivity index (χ1) is 10.0. The molecule has 0 saturated carbocycles. The first-order valence-corrected chi connectivity index (χ1v) is 8.81. The molecule has 1 aliphatic rings. The molecule has 2 N–H and O–H groups in total. The third-order valence-corrected chi connectivity index (χ3v) is 6.77. The molecule has 1 aliphatic heterocycles. The molecule has 1 heterocycles. The van der Waals surface area contributed by atoms with Crippen LogP contribution in [0.2, 0.25) is 0 Å². The smallest absolute Gasteiger partial charge is 0.187 e. The molecule has 0 saturated heterocycles.